The summed E-state index contributed by atoms with van der Waals surface area (Å²) < 4.78 is 12.1. The van der Waals surface area contributed by atoms with E-state index < -0.39 is 7.12 Å². The van der Waals surface area contributed by atoms with Crippen molar-refractivity contribution < 1.29 is 9.31 Å². The van der Waals surface area contributed by atoms with Crippen molar-refractivity contribution in [2.45, 2.75) is 20.0 Å². The summed E-state index contributed by atoms with van der Waals surface area (Å²) in [5.41, 5.74) is 1.81. The Bertz CT molecular complexity index is 705. The third-order valence-corrected chi connectivity index (χ3v) is 4.29. The molecule has 1 fully saturated rings. The van der Waals surface area contributed by atoms with Crippen molar-refractivity contribution in [3.63, 3.8) is 0 Å². The van der Waals surface area contributed by atoms with Crippen LogP contribution in [0.3, 0.4) is 0 Å². The second-order valence-corrected chi connectivity index (χ2v) is 6.79. The quantitative estimate of drug-likeness (QED) is 0.625. The van der Waals surface area contributed by atoms with E-state index in [-0.39, 0.29) is 11.5 Å². The SMILES string of the molecule is CC1(C)COB(c2ccc(Cl)cc2)OC1c1ccccc1N=O. The van der Waals surface area contributed by atoms with Gasteiger partial charge in [-0.1, -0.05) is 55.8 Å². The molecule has 6 heteroatoms. The highest BCUT2D eigenvalue weighted by molar-refractivity contribution is 6.61. The molecule has 0 bridgehead atoms. The van der Waals surface area contributed by atoms with E-state index in [0.29, 0.717) is 17.3 Å². The molecule has 4 nitrogen and oxygen atoms in total. The standard InChI is InChI=1S/C17H17BClNO3/c1-17(2)11-22-18(12-7-9-13(19)10-8-12)23-16(17)14-5-3-4-6-15(14)20-21/h3-10,16H,11H2,1-2H3. The maximum absolute atomic E-state index is 11.1. The Hall–Kier alpha value is -1.69. The summed E-state index contributed by atoms with van der Waals surface area (Å²) in [7, 11) is -0.495. The van der Waals surface area contributed by atoms with Crippen LogP contribution < -0.4 is 5.46 Å². The summed E-state index contributed by atoms with van der Waals surface area (Å²) in [6.45, 7) is 4.62. The van der Waals surface area contributed by atoms with Gasteiger partial charge in [0.05, 0.1) is 6.10 Å². The van der Waals surface area contributed by atoms with Crippen LogP contribution in [0.15, 0.2) is 53.7 Å². The van der Waals surface area contributed by atoms with Crippen LogP contribution in [0.2, 0.25) is 5.02 Å². The summed E-state index contributed by atoms with van der Waals surface area (Å²) in [4.78, 5) is 11.1. The number of halogens is 1. The molecule has 0 aromatic heterocycles. The molecule has 0 saturated carbocycles. The van der Waals surface area contributed by atoms with E-state index in [0.717, 1.165) is 11.0 Å². The van der Waals surface area contributed by atoms with Gasteiger partial charge in [0.2, 0.25) is 0 Å². The summed E-state index contributed by atoms with van der Waals surface area (Å²) >= 11 is 5.93. The van der Waals surface area contributed by atoms with E-state index in [9.17, 15) is 4.91 Å². The fraction of sp³-hybridized carbons (Fsp3) is 0.294. The van der Waals surface area contributed by atoms with Crippen LogP contribution >= 0.6 is 11.6 Å². The summed E-state index contributed by atoms with van der Waals surface area (Å²) in [5.74, 6) is 0. The Morgan fingerprint density at radius 3 is 2.57 bits per heavy atom. The van der Waals surface area contributed by atoms with Crippen molar-refractivity contribution in [3.05, 3.63) is 64.0 Å². The molecular weight excluding hydrogens is 312 g/mol. The average molecular weight is 330 g/mol. The molecule has 0 amide bonds. The molecule has 1 heterocycles. The van der Waals surface area contributed by atoms with Crippen LogP contribution in [0.4, 0.5) is 5.69 Å². The zero-order chi connectivity index (χ0) is 16.4. The Labute approximate surface area is 140 Å². The molecular formula is C17H17BClNO3. The topological polar surface area (TPSA) is 47.9 Å². The maximum atomic E-state index is 11.1. The van der Waals surface area contributed by atoms with Crippen LogP contribution in [-0.4, -0.2) is 13.7 Å². The van der Waals surface area contributed by atoms with Crippen molar-refractivity contribution in [2.24, 2.45) is 10.6 Å². The lowest BCUT2D eigenvalue weighted by Gasteiger charge is -2.41. The zero-order valence-corrected chi connectivity index (χ0v) is 13.8. The summed E-state index contributed by atoms with van der Waals surface area (Å²) in [6.07, 6.45) is -0.286. The lowest BCUT2D eigenvalue weighted by molar-refractivity contribution is -0.0349. The molecule has 0 aliphatic carbocycles. The van der Waals surface area contributed by atoms with Crippen molar-refractivity contribution >= 4 is 29.9 Å². The van der Waals surface area contributed by atoms with Gasteiger partial charge in [-0.25, -0.2) is 0 Å². The third kappa shape index (κ3) is 3.32. The smallest absolute Gasteiger partial charge is 0.407 e. The molecule has 1 saturated heterocycles. The second-order valence-electron chi connectivity index (χ2n) is 6.35. The first-order valence-corrected chi connectivity index (χ1v) is 7.84. The molecule has 0 radical (unpaired) electrons. The number of nitroso groups, excluding NO2 is 1. The number of hydrogen-bond acceptors (Lipinski definition) is 4. The van der Waals surface area contributed by atoms with Crippen LogP contribution in [0.1, 0.15) is 25.5 Å². The monoisotopic (exact) mass is 329 g/mol. The van der Waals surface area contributed by atoms with Crippen LogP contribution in [0, 0.1) is 10.3 Å². The van der Waals surface area contributed by atoms with E-state index in [1.165, 1.54) is 0 Å². The van der Waals surface area contributed by atoms with E-state index in [1.807, 2.05) is 24.3 Å². The van der Waals surface area contributed by atoms with Crippen molar-refractivity contribution in [1.82, 2.24) is 0 Å². The van der Waals surface area contributed by atoms with Gasteiger partial charge in [-0.15, -0.1) is 4.91 Å². The minimum atomic E-state index is -0.495. The Morgan fingerprint density at radius 2 is 1.87 bits per heavy atom. The first-order valence-electron chi connectivity index (χ1n) is 7.46. The molecule has 0 spiro atoms. The van der Waals surface area contributed by atoms with Gasteiger partial charge in [0.15, 0.2) is 0 Å². The van der Waals surface area contributed by atoms with Crippen molar-refractivity contribution in [2.75, 3.05) is 6.61 Å². The highest BCUT2D eigenvalue weighted by Gasteiger charge is 2.43. The lowest BCUT2D eigenvalue weighted by atomic mass is 9.72. The summed E-state index contributed by atoms with van der Waals surface area (Å²) in [5, 5.41) is 3.80. The van der Waals surface area contributed by atoms with Gasteiger partial charge in [-0.3, -0.25) is 0 Å². The molecule has 118 valence electrons. The van der Waals surface area contributed by atoms with Gasteiger partial charge < -0.3 is 9.31 Å². The molecule has 1 aliphatic rings. The van der Waals surface area contributed by atoms with Gasteiger partial charge in [0.25, 0.3) is 0 Å². The third-order valence-electron chi connectivity index (χ3n) is 4.04. The molecule has 3 rings (SSSR count). The molecule has 1 aliphatic heterocycles. The van der Waals surface area contributed by atoms with Gasteiger partial charge >= 0.3 is 7.12 Å². The van der Waals surface area contributed by atoms with Gasteiger partial charge in [0.1, 0.15) is 5.69 Å². The van der Waals surface area contributed by atoms with Gasteiger partial charge in [-0.05, 0) is 28.8 Å². The second kappa shape index (κ2) is 6.44. The van der Waals surface area contributed by atoms with E-state index in [1.54, 1.807) is 24.3 Å². The molecule has 1 atom stereocenters. The number of nitrogens with zero attached hydrogens (tertiary/aromatic N) is 1. The molecule has 23 heavy (non-hydrogen) atoms. The Morgan fingerprint density at radius 1 is 1.17 bits per heavy atom. The van der Waals surface area contributed by atoms with Crippen molar-refractivity contribution in [1.29, 1.82) is 0 Å². The number of hydrogen-bond donors (Lipinski definition) is 0. The number of benzene rings is 2. The van der Waals surface area contributed by atoms with Crippen molar-refractivity contribution in [3.8, 4) is 0 Å². The first-order chi connectivity index (χ1) is 11.0. The normalized spacial score (nSPS) is 20.3. The van der Waals surface area contributed by atoms with E-state index in [4.69, 9.17) is 20.9 Å². The van der Waals surface area contributed by atoms with Crippen LogP contribution in [-0.2, 0) is 9.31 Å². The molecule has 2 aromatic carbocycles. The predicted molar refractivity (Wildman–Crippen MR) is 92.3 cm³/mol. The van der Waals surface area contributed by atoms with E-state index >= 15 is 0 Å². The highest BCUT2D eigenvalue weighted by Crippen LogP contribution is 2.43. The minimum absolute atomic E-state index is 0.274. The van der Waals surface area contributed by atoms with E-state index in [2.05, 4.69) is 19.0 Å². The molecule has 2 aromatic rings. The fourth-order valence-electron chi connectivity index (χ4n) is 2.79. The summed E-state index contributed by atoms with van der Waals surface area (Å²) in [6, 6.07) is 14.6. The average Bonchev–Trinajstić information content (AvgIpc) is 2.55. The maximum Gasteiger partial charge on any atom is 0.494 e. The largest absolute Gasteiger partial charge is 0.494 e. The van der Waals surface area contributed by atoms with Crippen LogP contribution in [0.5, 0.6) is 0 Å². The Kier molecular flexibility index (Phi) is 4.53. The molecule has 0 N–H and O–H groups in total. The number of rotatable bonds is 3. The molecule has 1 unspecified atom stereocenters. The van der Waals surface area contributed by atoms with Crippen LogP contribution in [0.25, 0.3) is 0 Å². The fourth-order valence-corrected chi connectivity index (χ4v) is 2.92. The predicted octanol–water partition coefficient (Wildman–Crippen LogP) is 4.25. The minimum Gasteiger partial charge on any atom is -0.407 e. The Balaban J connectivity index is 1.93. The van der Waals surface area contributed by atoms with Gasteiger partial charge in [0, 0.05) is 22.6 Å². The zero-order valence-electron chi connectivity index (χ0n) is 13.0. The highest BCUT2D eigenvalue weighted by atomic mass is 35.5. The lowest BCUT2D eigenvalue weighted by Crippen LogP contribution is -2.49. The first kappa shape index (κ1) is 16.2. The van der Waals surface area contributed by atoms with Gasteiger partial charge in [-0.2, -0.15) is 0 Å².